The number of hydrogen-bond donors (Lipinski definition) is 1. The number of carbonyl (C=O) groups excluding carboxylic acids is 1. The summed E-state index contributed by atoms with van der Waals surface area (Å²) in [5.74, 6) is -0.0149. The maximum atomic E-state index is 13.5. The SMILES string of the molecule is CC(=O)NC(C)c1ccc(CN2CCc3cc(C(C)F)ccc3C2)cc1. The minimum atomic E-state index is -0.906. The highest BCUT2D eigenvalue weighted by molar-refractivity contribution is 5.73. The lowest BCUT2D eigenvalue weighted by Gasteiger charge is -2.29. The van der Waals surface area contributed by atoms with Crippen LogP contribution in [0.4, 0.5) is 4.39 Å². The van der Waals surface area contributed by atoms with Crippen molar-refractivity contribution in [2.45, 2.75) is 52.5 Å². The lowest BCUT2D eigenvalue weighted by atomic mass is 9.95. The van der Waals surface area contributed by atoms with Crippen LogP contribution in [-0.4, -0.2) is 17.4 Å². The van der Waals surface area contributed by atoms with E-state index >= 15 is 0 Å². The third kappa shape index (κ3) is 4.50. The van der Waals surface area contributed by atoms with Crippen molar-refractivity contribution in [3.63, 3.8) is 0 Å². The largest absolute Gasteiger partial charge is 0.350 e. The van der Waals surface area contributed by atoms with Gasteiger partial charge in [-0.05, 0) is 48.1 Å². The van der Waals surface area contributed by atoms with Gasteiger partial charge in [-0.3, -0.25) is 9.69 Å². The Labute approximate surface area is 155 Å². The first-order valence-electron chi connectivity index (χ1n) is 9.26. The molecule has 3 nitrogen and oxygen atoms in total. The number of halogens is 1. The Balaban J connectivity index is 1.62. The fourth-order valence-corrected chi connectivity index (χ4v) is 3.57. The molecule has 0 saturated carbocycles. The summed E-state index contributed by atoms with van der Waals surface area (Å²) < 4.78 is 13.5. The molecule has 26 heavy (non-hydrogen) atoms. The number of rotatable bonds is 5. The first kappa shape index (κ1) is 18.6. The predicted molar refractivity (Wildman–Crippen MR) is 102 cm³/mol. The number of nitrogens with one attached hydrogen (secondary N) is 1. The zero-order valence-corrected chi connectivity index (χ0v) is 15.8. The van der Waals surface area contributed by atoms with E-state index in [2.05, 4.69) is 40.5 Å². The van der Waals surface area contributed by atoms with E-state index < -0.39 is 6.17 Å². The van der Waals surface area contributed by atoms with Gasteiger partial charge in [0.05, 0.1) is 6.04 Å². The average Bonchev–Trinajstić information content (AvgIpc) is 2.61. The number of alkyl halides is 1. The van der Waals surface area contributed by atoms with Crippen molar-refractivity contribution in [3.8, 4) is 0 Å². The van der Waals surface area contributed by atoms with Gasteiger partial charge in [0, 0.05) is 26.6 Å². The van der Waals surface area contributed by atoms with Crippen LogP contribution in [0.15, 0.2) is 42.5 Å². The molecule has 0 bridgehead atoms. The molecule has 0 aliphatic carbocycles. The summed E-state index contributed by atoms with van der Waals surface area (Å²) in [6.45, 7) is 7.91. The van der Waals surface area contributed by atoms with Gasteiger partial charge in [0.2, 0.25) is 5.91 Å². The first-order valence-corrected chi connectivity index (χ1v) is 9.26. The molecule has 2 aromatic rings. The van der Waals surface area contributed by atoms with Crippen LogP contribution in [0.5, 0.6) is 0 Å². The van der Waals surface area contributed by atoms with E-state index in [1.54, 1.807) is 6.92 Å². The smallest absolute Gasteiger partial charge is 0.217 e. The molecule has 4 heteroatoms. The fourth-order valence-electron chi connectivity index (χ4n) is 3.57. The molecular weight excluding hydrogens is 327 g/mol. The van der Waals surface area contributed by atoms with Crippen molar-refractivity contribution in [2.75, 3.05) is 6.54 Å². The molecular formula is C22H27FN2O. The number of nitrogens with zero attached hydrogens (tertiary/aromatic N) is 1. The number of fused-ring (bicyclic) bond motifs is 1. The standard InChI is InChI=1S/C22H27FN2O/c1-15(23)20-8-9-22-14-25(11-10-21(22)12-20)13-18-4-6-19(7-5-18)16(2)24-17(3)26/h4-9,12,15-16H,10-11,13-14H2,1-3H3,(H,24,26). The zero-order chi connectivity index (χ0) is 18.7. The van der Waals surface area contributed by atoms with Crippen LogP contribution in [0.2, 0.25) is 0 Å². The van der Waals surface area contributed by atoms with Gasteiger partial charge in [0.1, 0.15) is 6.17 Å². The van der Waals surface area contributed by atoms with Gasteiger partial charge in [0.15, 0.2) is 0 Å². The second-order valence-electron chi connectivity index (χ2n) is 7.27. The van der Waals surface area contributed by atoms with E-state index in [9.17, 15) is 9.18 Å². The molecule has 1 N–H and O–H groups in total. The molecule has 2 atom stereocenters. The van der Waals surface area contributed by atoms with Gasteiger partial charge in [-0.25, -0.2) is 4.39 Å². The minimum absolute atomic E-state index is 0.0149. The number of hydrogen-bond acceptors (Lipinski definition) is 2. The van der Waals surface area contributed by atoms with Crippen LogP contribution in [0.1, 0.15) is 60.8 Å². The molecule has 2 aromatic carbocycles. The Kier molecular flexibility index (Phi) is 5.72. The van der Waals surface area contributed by atoms with Gasteiger partial charge in [-0.15, -0.1) is 0 Å². The second-order valence-corrected chi connectivity index (χ2v) is 7.27. The zero-order valence-electron chi connectivity index (χ0n) is 15.8. The molecule has 2 unspecified atom stereocenters. The van der Waals surface area contributed by atoms with E-state index in [0.717, 1.165) is 37.2 Å². The first-order chi connectivity index (χ1) is 12.4. The summed E-state index contributed by atoms with van der Waals surface area (Å²) in [6.07, 6.45) is 0.0600. The molecule has 3 rings (SSSR count). The highest BCUT2D eigenvalue weighted by atomic mass is 19.1. The summed E-state index contributed by atoms with van der Waals surface area (Å²) in [5, 5.41) is 2.91. The summed E-state index contributed by atoms with van der Waals surface area (Å²) >= 11 is 0. The molecule has 0 aromatic heterocycles. The quantitative estimate of drug-likeness (QED) is 0.859. The lowest BCUT2D eigenvalue weighted by molar-refractivity contribution is -0.119. The average molecular weight is 354 g/mol. The van der Waals surface area contributed by atoms with Crippen molar-refractivity contribution in [1.82, 2.24) is 10.2 Å². The van der Waals surface area contributed by atoms with E-state index in [0.29, 0.717) is 0 Å². The van der Waals surface area contributed by atoms with Crippen LogP contribution in [0, 0.1) is 0 Å². The molecule has 1 heterocycles. The van der Waals surface area contributed by atoms with E-state index in [4.69, 9.17) is 0 Å². The van der Waals surface area contributed by atoms with Gasteiger partial charge in [-0.1, -0.05) is 42.5 Å². The van der Waals surface area contributed by atoms with Crippen molar-refractivity contribution < 1.29 is 9.18 Å². The predicted octanol–water partition coefficient (Wildman–Crippen LogP) is 4.47. The molecule has 0 saturated heterocycles. The normalized spacial score (nSPS) is 16.6. The Morgan fingerprint density at radius 2 is 1.81 bits per heavy atom. The number of amides is 1. The second kappa shape index (κ2) is 8.00. The Morgan fingerprint density at radius 3 is 2.46 bits per heavy atom. The van der Waals surface area contributed by atoms with Gasteiger partial charge in [-0.2, -0.15) is 0 Å². The fraction of sp³-hybridized carbons (Fsp3) is 0.409. The van der Waals surface area contributed by atoms with Crippen LogP contribution in [0.25, 0.3) is 0 Å². The Hall–Kier alpha value is -2.20. The molecule has 1 amide bonds. The summed E-state index contributed by atoms with van der Waals surface area (Å²) in [7, 11) is 0. The van der Waals surface area contributed by atoms with Crippen molar-refractivity contribution >= 4 is 5.91 Å². The lowest BCUT2D eigenvalue weighted by Crippen LogP contribution is -2.30. The minimum Gasteiger partial charge on any atom is -0.350 e. The van der Waals surface area contributed by atoms with Crippen LogP contribution in [-0.2, 0) is 24.3 Å². The third-order valence-electron chi connectivity index (χ3n) is 5.09. The molecule has 1 aliphatic rings. The van der Waals surface area contributed by atoms with Gasteiger partial charge in [0.25, 0.3) is 0 Å². The van der Waals surface area contributed by atoms with Crippen molar-refractivity contribution in [1.29, 1.82) is 0 Å². The summed E-state index contributed by atoms with van der Waals surface area (Å²) in [5.41, 5.74) is 5.74. The number of carbonyl (C=O) groups is 1. The topological polar surface area (TPSA) is 32.3 Å². The van der Waals surface area contributed by atoms with Gasteiger partial charge >= 0.3 is 0 Å². The van der Waals surface area contributed by atoms with Crippen molar-refractivity contribution in [3.05, 3.63) is 70.3 Å². The van der Waals surface area contributed by atoms with Gasteiger partial charge < -0.3 is 5.32 Å². The Morgan fingerprint density at radius 1 is 1.12 bits per heavy atom. The van der Waals surface area contributed by atoms with Crippen LogP contribution in [0.3, 0.4) is 0 Å². The highest BCUT2D eigenvalue weighted by Gasteiger charge is 2.18. The molecule has 0 radical (unpaired) electrons. The molecule has 138 valence electrons. The summed E-state index contributed by atoms with van der Waals surface area (Å²) in [4.78, 5) is 13.6. The van der Waals surface area contributed by atoms with Crippen LogP contribution >= 0.6 is 0 Å². The summed E-state index contributed by atoms with van der Waals surface area (Å²) in [6, 6.07) is 14.5. The highest BCUT2D eigenvalue weighted by Crippen LogP contribution is 2.25. The van der Waals surface area contributed by atoms with E-state index in [-0.39, 0.29) is 11.9 Å². The number of benzene rings is 2. The maximum Gasteiger partial charge on any atom is 0.217 e. The molecule has 0 spiro atoms. The maximum absolute atomic E-state index is 13.5. The van der Waals surface area contributed by atoms with Crippen molar-refractivity contribution in [2.24, 2.45) is 0 Å². The van der Waals surface area contributed by atoms with Crippen LogP contribution < -0.4 is 5.32 Å². The van der Waals surface area contributed by atoms with E-state index in [1.165, 1.54) is 23.6 Å². The third-order valence-corrected chi connectivity index (χ3v) is 5.09. The molecule has 1 aliphatic heterocycles. The van der Waals surface area contributed by atoms with E-state index in [1.807, 2.05) is 19.1 Å². The molecule has 0 fully saturated rings. The Bertz CT molecular complexity index is 770. The monoisotopic (exact) mass is 354 g/mol.